The molecule has 0 spiro atoms. The largest absolute Gasteiger partial charge is 0.506 e. The van der Waals surface area contributed by atoms with E-state index in [9.17, 15) is 5.11 Å². The van der Waals surface area contributed by atoms with Gasteiger partial charge in [-0.25, -0.2) is 4.98 Å². The van der Waals surface area contributed by atoms with Crippen molar-refractivity contribution in [2.24, 2.45) is 0 Å². The molecule has 1 heterocycles. The van der Waals surface area contributed by atoms with E-state index in [4.69, 9.17) is 15.7 Å². The Labute approximate surface area is 101 Å². The monoisotopic (exact) mass is 225 g/mol. The van der Waals surface area contributed by atoms with Gasteiger partial charge in [-0.3, -0.25) is 0 Å². The molecule has 3 rings (SSSR count). The third kappa shape index (κ3) is 1.31. The summed E-state index contributed by atoms with van der Waals surface area (Å²) in [7, 11) is 11.6. The maximum absolute atomic E-state index is 9.92. The van der Waals surface area contributed by atoms with Gasteiger partial charge in [0.15, 0.2) is 0 Å². The lowest BCUT2D eigenvalue weighted by Gasteiger charge is -2.08. The molecule has 1 aromatic heterocycles. The summed E-state index contributed by atoms with van der Waals surface area (Å²) in [6, 6.07) is 0. The second-order valence-electron chi connectivity index (χ2n) is 4.31. The van der Waals surface area contributed by atoms with Crippen LogP contribution in [0.25, 0.3) is 10.2 Å². The van der Waals surface area contributed by atoms with Crippen molar-refractivity contribution in [2.45, 2.75) is 25.7 Å². The van der Waals surface area contributed by atoms with Gasteiger partial charge in [0.05, 0.1) is 9.71 Å². The highest BCUT2D eigenvalue weighted by atomic mass is 32.1. The summed E-state index contributed by atoms with van der Waals surface area (Å²) < 4.78 is 0.964. The van der Waals surface area contributed by atoms with Gasteiger partial charge in [-0.1, -0.05) is 10.9 Å². The molecule has 5 heteroatoms. The van der Waals surface area contributed by atoms with Crippen molar-refractivity contribution in [2.75, 3.05) is 0 Å². The Kier molecular flexibility index (Phi) is 2.08. The smallest absolute Gasteiger partial charge is 0.135 e. The molecule has 0 bridgehead atoms. The van der Waals surface area contributed by atoms with E-state index < -0.39 is 0 Å². The first-order chi connectivity index (χ1) is 7.59. The summed E-state index contributed by atoms with van der Waals surface area (Å²) in [4.78, 5) is 4.47. The average molecular weight is 225 g/mol. The Hall–Kier alpha value is -0.960. The minimum absolute atomic E-state index is 0.0289. The van der Waals surface area contributed by atoms with Crippen LogP contribution < -0.4 is 10.9 Å². The molecule has 0 aliphatic heterocycles. The normalized spacial score (nSPS) is 15.8. The highest BCUT2D eigenvalue weighted by molar-refractivity contribution is 7.19. The van der Waals surface area contributed by atoms with Crippen molar-refractivity contribution < 1.29 is 5.11 Å². The summed E-state index contributed by atoms with van der Waals surface area (Å²) in [5.74, 6) is 0.611. The fourth-order valence-corrected chi connectivity index (χ4v) is 3.09. The number of hydrogen-bond acceptors (Lipinski definition) is 3. The van der Waals surface area contributed by atoms with E-state index >= 15 is 0 Å². The topological polar surface area (TPSA) is 33.1 Å². The molecule has 16 heavy (non-hydrogen) atoms. The number of benzene rings is 1. The molecule has 1 aromatic carbocycles. The van der Waals surface area contributed by atoms with Crippen LogP contribution in [0.15, 0.2) is 0 Å². The Morgan fingerprint density at radius 1 is 1.31 bits per heavy atom. The molecule has 0 atom stereocenters. The van der Waals surface area contributed by atoms with Crippen LogP contribution in [0.2, 0.25) is 0 Å². The number of fused-ring (bicyclic) bond motifs is 1. The lowest BCUT2D eigenvalue weighted by Crippen LogP contribution is -2.28. The number of nitrogens with zero attached hydrogens (tertiary/aromatic N) is 1. The van der Waals surface area contributed by atoms with E-state index in [1.165, 1.54) is 12.8 Å². The molecule has 0 saturated heterocycles. The predicted octanol–water partition coefficient (Wildman–Crippen LogP) is 0.775. The molecular weight excluding hydrogens is 216 g/mol. The number of aromatic nitrogens is 1. The van der Waals surface area contributed by atoms with Crippen LogP contribution in [0.1, 0.15) is 29.3 Å². The standard InChI is InChI=1S/C11H9B2NOS/c1-4-6(12)7(13)9(15)8-10(4)16-11(14-8)5-2-3-5/h5,15H,2-3H2,1H3. The molecule has 2 nitrogen and oxygen atoms in total. The second-order valence-corrected chi connectivity index (χ2v) is 5.34. The molecule has 4 radical (unpaired) electrons. The Morgan fingerprint density at radius 3 is 2.62 bits per heavy atom. The highest BCUT2D eigenvalue weighted by Gasteiger charge is 2.28. The van der Waals surface area contributed by atoms with Crippen LogP contribution in [-0.2, 0) is 0 Å². The molecule has 0 unspecified atom stereocenters. The van der Waals surface area contributed by atoms with Crippen molar-refractivity contribution in [3.8, 4) is 5.75 Å². The number of thiazole rings is 1. The van der Waals surface area contributed by atoms with Gasteiger partial charge in [-0.2, -0.15) is 0 Å². The van der Waals surface area contributed by atoms with E-state index in [-0.39, 0.29) is 11.2 Å². The molecule has 1 N–H and O–H groups in total. The molecule has 76 valence electrons. The first-order valence-electron chi connectivity index (χ1n) is 5.26. The molecular formula is C11H9B2NOS. The fourth-order valence-electron chi connectivity index (χ4n) is 1.84. The average Bonchev–Trinajstić information content (AvgIpc) is 3.03. The zero-order chi connectivity index (χ0) is 11.4. The highest BCUT2D eigenvalue weighted by Crippen LogP contribution is 2.44. The second kappa shape index (κ2) is 3.27. The van der Waals surface area contributed by atoms with Gasteiger partial charge in [0.25, 0.3) is 0 Å². The molecule has 1 aliphatic rings. The summed E-state index contributed by atoms with van der Waals surface area (Å²) in [6.45, 7) is 1.92. The third-order valence-electron chi connectivity index (χ3n) is 3.08. The summed E-state index contributed by atoms with van der Waals surface area (Å²) in [5.41, 5.74) is 2.25. The molecule has 2 aromatic rings. The SMILES string of the molecule is [B]c1c([B])c(C)c2sc(C3CC3)nc2c1O. The van der Waals surface area contributed by atoms with Crippen LogP contribution in [0.4, 0.5) is 0 Å². The fraction of sp³-hybridized carbons (Fsp3) is 0.364. The molecule has 1 aliphatic carbocycles. The minimum Gasteiger partial charge on any atom is -0.506 e. The van der Waals surface area contributed by atoms with Crippen molar-refractivity contribution >= 4 is 48.2 Å². The van der Waals surface area contributed by atoms with Crippen LogP contribution in [0, 0.1) is 6.92 Å². The Balaban J connectivity index is 2.36. The summed E-state index contributed by atoms with van der Waals surface area (Å²) in [6.07, 6.45) is 2.40. The number of aromatic hydroxyl groups is 1. The van der Waals surface area contributed by atoms with Crippen molar-refractivity contribution in [3.05, 3.63) is 10.6 Å². The number of phenols is 1. The predicted molar refractivity (Wildman–Crippen MR) is 68.8 cm³/mol. The number of aryl methyl sites for hydroxylation is 1. The summed E-state index contributed by atoms with van der Waals surface area (Å²) in [5, 5.41) is 11.0. The van der Waals surface area contributed by atoms with Gasteiger partial charge in [0.2, 0.25) is 0 Å². The molecule has 1 fully saturated rings. The number of hydrogen-bond donors (Lipinski definition) is 1. The van der Waals surface area contributed by atoms with Gasteiger partial charge in [0, 0.05) is 5.92 Å². The van der Waals surface area contributed by atoms with E-state index in [1.54, 1.807) is 11.3 Å². The van der Waals surface area contributed by atoms with Gasteiger partial charge < -0.3 is 5.11 Å². The lowest BCUT2D eigenvalue weighted by molar-refractivity contribution is 0.485. The minimum atomic E-state index is 0.0289. The van der Waals surface area contributed by atoms with Crippen LogP contribution >= 0.6 is 11.3 Å². The van der Waals surface area contributed by atoms with Crippen LogP contribution in [-0.4, -0.2) is 25.8 Å². The van der Waals surface area contributed by atoms with E-state index in [2.05, 4.69) is 4.98 Å². The van der Waals surface area contributed by atoms with Crippen molar-refractivity contribution in [3.63, 3.8) is 0 Å². The maximum atomic E-state index is 9.92. The first kappa shape index (κ1) is 10.2. The van der Waals surface area contributed by atoms with Gasteiger partial charge in [0.1, 0.15) is 27.0 Å². The van der Waals surface area contributed by atoms with Crippen molar-refractivity contribution in [1.82, 2.24) is 4.98 Å². The lowest BCUT2D eigenvalue weighted by atomic mass is 9.77. The van der Waals surface area contributed by atoms with E-state index in [1.807, 2.05) is 6.92 Å². The third-order valence-corrected chi connectivity index (χ3v) is 4.42. The van der Waals surface area contributed by atoms with Gasteiger partial charge >= 0.3 is 0 Å². The first-order valence-corrected chi connectivity index (χ1v) is 6.08. The number of phenolic OH excluding ortho intramolecular Hbond substituents is 1. The maximum Gasteiger partial charge on any atom is 0.135 e. The van der Waals surface area contributed by atoms with Gasteiger partial charge in [-0.15, -0.1) is 11.3 Å². The number of rotatable bonds is 1. The quantitative estimate of drug-likeness (QED) is 0.727. The summed E-state index contributed by atoms with van der Waals surface area (Å²) >= 11 is 1.62. The van der Waals surface area contributed by atoms with Crippen molar-refractivity contribution in [1.29, 1.82) is 0 Å². The zero-order valence-corrected chi connectivity index (χ0v) is 9.77. The molecule has 1 saturated carbocycles. The van der Waals surface area contributed by atoms with E-state index in [0.717, 1.165) is 15.3 Å². The van der Waals surface area contributed by atoms with Crippen LogP contribution in [0.5, 0.6) is 5.75 Å². The Morgan fingerprint density at radius 2 is 2.00 bits per heavy atom. The molecule has 0 amide bonds. The zero-order valence-electron chi connectivity index (χ0n) is 8.95. The van der Waals surface area contributed by atoms with Crippen LogP contribution in [0.3, 0.4) is 0 Å². The Bertz CT molecular complexity index is 544. The van der Waals surface area contributed by atoms with E-state index in [0.29, 0.717) is 16.9 Å². The van der Waals surface area contributed by atoms with Gasteiger partial charge in [-0.05, 0) is 25.3 Å².